The van der Waals surface area contributed by atoms with Gasteiger partial charge in [0, 0.05) is 13.1 Å². The summed E-state index contributed by atoms with van der Waals surface area (Å²) in [6.07, 6.45) is 0.950. The van der Waals surface area contributed by atoms with Gasteiger partial charge < -0.3 is 20.7 Å². The van der Waals surface area contributed by atoms with Crippen LogP contribution in [0.25, 0.3) is 0 Å². The minimum atomic E-state index is 0.0533. The van der Waals surface area contributed by atoms with Gasteiger partial charge in [0.1, 0.15) is 12.4 Å². The molecular formula is C14H21N3O2. The van der Waals surface area contributed by atoms with Gasteiger partial charge >= 0.3 is 0 Å². The molecule has 5 heteroatoms. The standard InChI is InChI=1S/C14H21N3O2/c1-2-5-16-14(18)10-17-6-7-19-13-8-11(9-15)3-4-12(13)17/h3-4,8H,2,5-7,9-10,15H2,1H3,(H,16,18). The van der Waals surface area contributed by atoms with Gasteiger partial charge in [-0.15, -0.1) is 0 Å². The van der Waals surface area contributed by atoms with E-state index < -0.39 is 0 Å². The van der Waals surface area contributed by atoms with E-state index in [2.05, 4.69) is 5.32 Å². The smallest absolute Gasteiger partial charge is 0.239 e. The highest BCUT2D eigenvalue weighted by Gasteiger charge is 2.20. The second kappa shape index (κ2) is 6.43. The lowest BCUT2D eigenvalue weighted by Gasteiger charge is -2.31. The lowest BCUT2D eigenvalue weighted by molar-refractivity contribution is -0.119. The molecule has 0 aromatic heterocycles. The molecule has 1 amide bonds. The van der Waals surface area contributed by atoms with Gasteiger partial charge in [0.05, 0.1) is 18.8 Å². The molecule has 0 spiro atoms. The minimum Gasteiger partial charge on any atom is -0.490 e. The SMILES string of the molecule is CCCNC(=O)CN1CCOc2cc(CN)ccc21. The highest BCUT2D eigenvalue weighted by atomic mass is 16.5. The fourth-order valence-corrected chi connectivity index (χ4v) is 2.11. The zero-order chi connectivity index (χ0) is 13.7. The van der Waals surface area contributed by atoms with Crippen LogP contribution in [-0.2, 0) is 11.3 Å². The van der Waals surface area contributed by atoms with Gasteiger partial charge in [0.15, 0.2) is 0 Å². The Balaban J connectivity index is 2.07. The number of carbonyl (C=O) groups is 1. The lowest BCUT2D eigenvalue weighted by Crippen LogP contribution is -2.41. The van der Waals surface area contributed by atoms with E-state index in [-0.39, 0.29) is 5.91 Å². The third-order valence-corrected chi connectivity index (χ3v) is 3.13. The molecule has 0 fully saturated rings. The summed E-state index contributed by atoms with van der Waals surface area (Å²) in [7, 11) is 0. The van der Waals surface area contributed by atoms with Gasteiger partial charge in [-0.05, 0) is 24.1 Å². The number of hydrogen-bond acceptors (Lipinski definition) is 4. The Bertz CT molecular complexity index is 448. The molecule has 0 atom stereocenters. The van der Waals surface area contributed by atoms with Crippen molar-refractivity contribution < 1.29 is 9.53 Å². The van der Waals surface area contributed by atoms with Crippen molar-refractivity contribution in [1.29, 1.82) is 0 Å². The largest absolute Gasteiger partial charge is 0.490 e. The Morgan fingerprint density at radius 3 is 3.11 bits per heavy atom. The maximum absolute atomic E-state index is 11.8. The van der Waals surface area contributed by atoms with Crippen LogP contribution in [0.3, 0.4) is 0 Å². The fourth-order valence-electron chi connectivity index (χ4n) is 2.11. The number of ether oxygens (including phenoxy) is 1. The normalized spacial score (nSPS) is 13.7. The third-order valence-electron chi connectivity index (χ3n) is 3.13. The summed E-state index contributed by atoms with van der Waals surface area (Å²) in [6, 6.07) is 5.90. The van der Waals surface area contributed by atoms with Gasteiger partial charge in [-0.2, -0.15) is 0 Å². The Morgan fingerprint density at radius 1 is 1.53 bits per heavy atom. The summed E-state index contributed by atoms with van der Waals surface area (Å²) in [6.45, 7) is 4.96. The van der Waals surface area contributed by atoms with Crippen LogP contribution < -0.4 is 20.7 Å². The zero-order valence-electron chi connectivity index (χ0n) is 11.3. The summed E-state index contributed by atoms with van der Waals surface area (Å²) in [4.78, 5) is 13.8. The minimum absolute atomic E-state index is 0.0533. The maximum Gasteiger partial charge on any atom is 0.239 e. The first-order chi connectivity index (χ1) is 9.24. The molecule has 0 saturated carbocycles. The molecule has 2 rings (SSSR count). The first kappa shape index (κ1) is 13.7. The molecule has 1 aliphatic heterocycles. The predicted molar refractivity (Wildman–Crippen MR) is 75.3 cm³/mol. The maximum atomic E-state index is 11.8. The number of amides is 1. The van der Waals surface area contributed by atoms with Crippen LogP contribution in [-0.4, -0.2) is 32.1 Å². The number of rotatable bonds is 5. The number of nitrogens with zero attached hydrogens (tertiary/aromatic N) is 1. The van der Waals surface area contributed by atoms with Crippen molar-refractivity contribution in [1.82, 2.24) is 5.32 Å². The second-order valence-corrected chi connectivity index (χ2v) is 4.63. The molecule has 1 heterocycles. The lowest BCUT2D eigenvalue weighted by atomic mass is 10.1. The van der Waals surface area contributed by atoms with Crippen LogP contribution in [0, 0.1) is 0 Å². The van der Waals surface area contributed by atoms with E-state index in [1.807, 2.05) is 30.0 Å². The van der Waals surface area contributed by atoms with E-state index in [0.717, 1.165) is 36.5 Å². The van der Waals surface area contributed by atoms with E-state index in [9.17, 15) is 4.79 Å². The van der Waals surface area contributed by atoms with Crippen molar-refractivity contribution in [2.75, 3.05) is 31.1 Å². The van der Waals surface area contributed by atoms with Gasteiger partial charge in [0.2, 0.25) is 5.91 Å². The van der Waals surface area contributed by atoms with Crippen LogP contribution in [0.15, 0.2) is 18.2 Å². The zero-order valence-corrected chi connectivity index (χ0v) is 11.3. The quantitative estimate of drug-likeness (QED) is 0.827. The average molecular weight is 263 g/mol. The van der Waals surface area contributed by atoms with Crippen LogP contribution in [0.4, 0.5) is 5.69 Å². The molecule has 19 heavy (non-hydrogen) atoms. The third kappa shape index (κ3) is 3.38. The molecule has 5 nitrogen and oxygen atoms in total. The van der Waals surface area contributed by atoms with E-state index >= 15 is 0 Å². The Hall–Kier alpha value is -1.75. The Labute approximate surface area is 113 Å². The fraction of sp³-hybridized carbons (Fsp3) is 0.500. The first-order valence-electron chi connectivity index (χ1n) is 6.72. The predicted octanol–water partition coefficient (Wildman–Crippen LogP) is 0.870. The first-order valence-corrected chi connectivity index (χ1v) is 6.72. The van der Waals surface area contributed by atoms with Crippen molar-refractivity contribution in [2.45, 2.75) is 19.9 Å². The molecule has 0 aliphatic carbocycles. The average Bonchev–Trinajstić information content (AvgIpc) is 2.44. The summed E-state index contributed by atoms with van der Waals surface area (Å²) >= 11 is 0. The summed E-state index contributed by atoms with van der Waals surface area (Å²) in [5.74, 6) is 0.870. The number of anilines is 1. The molecule has 0 bridgehead atoms. The molecule has 1 aromatic carbocycles. The van der Waals surface area contributed by atoms with Crippen molar-refractivity contribution in [3.8, 4) is 5.75 Å². The van der Waals surface area contributed by atoms with Crippen molar-refractivity contribution in [3.63, 3.8) is 0 Å². The molecule has 0 unspecified atom stereocenters. The number of fused-ring (bicyclic) bond motifs is 1. The molecule has 0 saturated heterocycles. The van der Waals surface area contributed by atoms with E-state index in [0.29, 0.717) is 19.7 Å². The van der Waals surface area contributed by atoms with Gasteiger partial charge in [-0.3, -0.25) is 4.79 Å². The van der Waals surface area contributed by atoms with Crippen LogP contribution in [0.1, 0.15) is 18.9 Å². The number of carbonyl (C=O) groups excluding carboxylic acids is 1. The number of nitrogens with two attached hydrogens (primary N) is 1. The molecule has 1 aliphatic rings. The van der Waals surface area contributed by atoms with Gasteiger partial charge in [-0.25, -0.2) is 0 Å². The summed E-state index contributed by atoms with van der Waals surface area (Å²) < 4.78 is 5.63. The highest BCUT2D eigenvalue weighted by Crippen LogP contribution is 2.32. The number of nitrogens with one attached hydrogen (secondary N) is 1. The Morgan fingerprint density at radius 2 is 2.37 bits per heavy atom. The van der Waals surface area contributed by atoms with Crippen LogP contribution in [0.5, 0.6) is 5.75 Å². The highest BCUT2D eigenvalue weighted by molar-refractivity contribution is 5.82. The van der Waals surface area contributed by atoms with Gasteiger partial charge in [0.25, 0.3) is 0 Å². The van der Waals surface area contributed by atoms with Gasteiger partial charge in [-0.1, -0.05) is 13.0 Å². The van der Waals surface area contributed by atoms with Crippen LogP contribution >= 0.6 is 0 Å². The summed E-state index contributed by atoms with van der Waals surface area (Å²) in [5.41, 5.74) is 7.63. The monoisotopic (exact) mass is 263 g/mol. The molecule has 0 radical (unpaired) electrons. The van der Waals surface area contributed by atoms with E-state index in [1.165, 1.54) is 0 Å². The summed E-state index contributed by atoms with van der Waals surface area (Å²) in [5, 5.41) is 2.89. The van der Waals surface area contributed by atoms with E-state index in [4.69, 9.17) is 10.5 Å². The van der Waals surface area contributed by atoms with Crippen molar-refractivity contribution in [3.05, 3.63) is 23.8 Å². The molecular weight excluding hydrogens is 242 g/mol. The van der Waals surface area contributed by atoms with Crippen molar-refractivity contribution in [2.24, 2.45) is 5.73 Å². The van der Waals surface area contributed by atoms with Crippen molar-refractivity contribution >= 4 is 11.6 Å². The molecule has 104 valence electrons. The number of benzene rings is 1. The second-order valence-electron chi connectivity index (χ2n) is 4.63. The Kier molecular flexibility index (Phi) is 4.63. The number of hydrogen-bond donors (Lipinski definition) is 2. The van der Waals surface area contributed by atoms with E-state index in [1.54, 1.807) is 0 Å². The molecule has 3 N–H and O–H groups in total. The topological polar surface area (TPSA) is 67.6 Å². The molecule has 1 aromatic rings. The van der Waals surface area contributed by atoms with Crippen LogP contribution in [0.2, 0.25) is 0 Å².